The van der Waals surface area contributed by atoms with Gasteiger partial charge in [0.25, 0.3) is 0 Å². The van der Waals surface area contributed by atoms with E-state index in [1.54, 1.807) is 0 Å². The molecule has 3 N–H and O–H groups in total. The zero-order valence-electron chi connectivity index (χ0n) is 33.9. The summed E-state index contributed by atoms with van der Waals surface area (Å²) in [5.41, 5.74) is 6.30. The summed E-state index contributed by atoms with van der Waals surface area (Å²) in [6.07, 6.45) is 14.6. The quantitative estimate of drug-likeness (QED) is 0.0369. The molecule has 57 heavy (non-hydrogen) atoms. The minimum atomic E-state index is -4.04. The number of rotatable bonds is 29. The molecule has 0 spiro atoms. The topological polar surface area (TPSA) is 78.3 Å². The van der Waals surface area contributed by atoms with E-state index in [2.05, 4.69) is 76.6 Å². The van der Waals surface area contributed by atoms with E-state index >= 15 is 0 Å². The fraction of sp³-hybridized carbons (Fsp3) is 0.644. The van der Waals surface area contributed by atoms with Crippen LogP contribution in [0.3, 0.4) is 0 Å². The molecule has 0 aliphatic carbocycles. The molecule has 0 saturated heterocycles. The van der Waals surface area contributed by atoms with Gasteiger partial charge in [-0.25, -0.2) is 9.95 Å². The van der Waals surface area contributed by atoms with Gasteiger partial charge in [-0.15, -0.1) is 0 Å². The number of unbranched alkanes of at least 4 members (excludes halogenated alkanes) is 18. The van der Waals surface area contributed by atoms with E-state index < -0.39 is 31.2 Å². The van der Waals surface area contributed by atoms with Gasteiger partial charge in [0.15, 0.2) is 4.64 Å². The Morgan fingerprint density at radius 2 is 1.16 bits per heavy atom. The SMILES string of the molecule is CCCCCCCCCNc1ccc(-c2cc(CCCCCCCCCC(F)(F)F)ccc2CCCCCCCCCC(F)(F)F)cc1.O=C(O)c1co[nH]c1=S. The van der Waals surface area contributed by atoms with Crippen LogP contribution in [0.1, 0.15) is 176 Å². The number of aromatic carboxylic acids is 1. The third kappa shape index (κ3) is 25.0. The lowest BCUT2D eigenvalue weighted by Crippen LogP contribution is -2.06. The predicted octanol–water partition coefficient (Wildman–Crippen LogP) is 16.0. The number of hydrogen-bond acceptors (Lipinski definition) is 4. The Hall–Kier alpha value is -3.28. The lowest BCUT2D eigenvalue weighted by molar-refractivity contribution is -0.136. The van der Waals surface area contributed by atoms with E-state index in [1.165, 1.54) is 67.2 Å². The number of nitrogens with one attached hydrogen (secondary N) is 2. The van der Waals surface area contributed by atoms with Crippen LogP contribution in [0.2, 0.25) is 0 Å². The molecule has 0 fully saturated rings. The number of aryl methyl sites for hydroxylation is 2. The summed E-state index contributed by atoms with van der Waals surface area (Å²) in [6, 6.07) is 15.7. The van der Waals surface area contributed by atoms with Gasteiger partial charge >= 0.3 is 18.3 Å². The Kier molecular flexibility index (Phi) is 25.4. The molecule has 0 amide bonds. The summed E-state index contributed by atoms with van der Waals surface area (Å²) in [7, 11) is 0. The highest BCUT2D eigenvalue weighted by Crippen LogP contribution is 2.30. The zero-order valence-corrected chi connectivity index (χ0v) is 34.8. The van der Waals surface area contributed by atoms with Crippen molar-refractivity contribution in [2.24, 2.45) is 0 Å². The van der Waals surface area contributed by atoms with E-state index in [0.717, 1.165) is 95.5 Å². The lowest BCUT2D eigenvalue weighted by Gasteiger charge is -2.14. The molecule has 1 aromatic heterocycles. The van der Waals surface area contributed by atoms with Crippen molar-refractivity contribution in [1.82, 2.24) is 5.16 Å². The first kappa shape index (κ1) is 49.9. The molecule has 0 saturated carbocycles. The highest BCUT2D eigenvalue weighted by Gasteiger charge is 2.26. The molecule has 12 heteroatoms. The molecule has 0 aliphatic heterocycles. The fourth-order valence-corrected chi connectivity index (χ4v) is 6.99. The minimum absolute atomic E-state index is 0.00926. The number of carbonyl (C=O) groups is 1. The van der Waals surface area contributed by atoms with Gasteiger partial charge in [0, 0.05) is 25.1 Å². The van der Waals surface area contributed by atoms with Crippen molar-refractivity contribution in [1.29, 1.82) is 0 Å². The summed E-state index contributed by atoms with van der Waals surface area (Å²) in [6.45, 7) is 3.24. The maximum absolute atomic E-state index is 12.3. The number of carboxylic acids is 1. The molecule has 0 atom stereocenters. The zero-order chi connectivity index (χ0) is 41.8. The molecular formula is C45H66F6N2O3S. The molecule has 5 nitrogen and oxygen atoms in total. The molecule has 0 aliphatic rings. The molecule has 1 heterocycles. The summed E-state index contributed by atoms with van der Waals surface area (Å²) in [5.74, 6) is -1.08. The standard InChI is InChI=1S/C41H63F6N.C4H3NO3S/c1-2-3-4-5-12-17-22-33-48-38-29-27-37(28-30-38)39-34-35(23-18-13-8-6-10-15-20-31-40(42,43)44)25-26-36(39)24-19-14-9-7-11-16-21-32-41(45,46)47;6-4(7)2-1-8-5-3(2)9/h25-30,34,48H,2-24,31-33H2,1H3;1H,(H,5,9)(H,6,7). The van der Waals surface area contributed by atoms with Gasteiger partial charge in [0.05, 0.1) is 0 Å². The number of halogens is 6. The number of aromatic amines is 1. The second-order valence-corrected chi connectivity index (χ2v) is 15.6. The van der Waals surface area contributed by atoms with Crippen LogP contribution in [0, 0.1) is 4.64 Å². The van der Waals surface area contributed by atoms with Gasteiger partial charge < -0.3 is 14.9 Å². The van der Waals surface area contributed by atoms with Gasteiger partial charge in [0.1, 0.15) is 11.8 Å². The largest absolute Gasteiger partial charge is 0.477 e. The predicted molar refractivity (Wildman–Crippen MR) is 223 cm³/mol. The van der Waals surface area contributed by atoms with E-state index in [0.29, 0.717) is 12.8 Å². The average Bonchev–Trinajstić information content (AvgIpc) is 3.60. The van der Waals surface area contributed by atoms with Gasteiger partial charge in [-0.05, 0) is 79.3 Å². The van der Waals surface area contributed by atoms with Crippen LogP contribution in [-0.4, -0.2) is 35.1 Å². The highest BCUT2D eigenvalue weighted by atomic mass is 32.1. The van der Waals surface area contributed by atoms with Crippen molar-refractivity contribution in [2.75, 3.05) is 11.9 Å². The second kappa shape index (κ2) is 29.0. The van der Waals surface area contributed by atoms with E-state index in [1.807, 2.05) is 0 Å². The first-order chi connectivity index (χ1) is 27.3. The molecule has 0 unspecified atom stereocenters. The van der Waals surface area contributed by atoms with E-state index in [-0.39, 0.29) is 23.0 Å². The van der Waals surface area contributed by atoms with Gasteiger partial charge in [-0.2, -0.15) is 26.3 Å². The summed E-state index contributed by atoms with van der Waals surface area (Å²) >= 11 is 4.53. The number of aromatic nitrogens is 1. The normalized spacial score (nSPS) is 11.7. The van der Waals surface area contributed by atoms with Crippen molar-refractivity contribution in [3.8, 4) is 11.1 Å². The maximum atomic E-state index is 12.3. The Labute approximate surface area is 341 Å². The molecule has 322 valence electrons. The third-order valence-corrected chi connectivity index (χ3v) is 10.4. The average molecular weight is 829 g/mol. The first-order valence-corrected chi connectivity index (χ1v) is 21.7. The Morgan fingerprint density at radius 3 is 1.63 bits per heavy atom. The van der Waals surface area contributed by atoms with Crippen LogP contribution in [0.4, 0.5) is 32.0 Å². The number of anilines is 1. The van der Waals surface area contributed by atoms with Gasteiger partial charge in [-0.3, -0.25) is 0 Å². The van der Waals surface area contributed by atoms with Crippen molar-refractivity contribution in [2.45, 2.75) is 180 Å². The first-order valence-electron chi connectivity index (χ1n) is 21.3. The van der Waals surface area contributed by atoms with Gasteiger partial charge in [0.2, 0.25) is 0 Å². The number of H-pyrrole nitrogens is 1. The second-order valence-electron chi connectivity index (χ2n) is 15.2. The molecular weight excluding hydrogens is 763 g/mol. The van der Waals surface area contributed by atoms with Gasteiger partial charge in [-0.1, -0.05) is 152 Å². The van der Waals surface area contributed by atoms with Crippen molar-refractivity contribution < 1.29 is 40.8 Å². The maximum Gasteiger partial charge on any atom is 0.389 e. The number of carboxylic acid groups (broad SMARTS) is 1. The third-order valence-electron chi connectivity index (χ3n) is 10.1. The number of alkyl halides is 6. The number of hydrogen-bond donors (Lipinski definition) is 3. The van der Waals surface area contributed by atoms with Crippen molar-refractivity contribution >= 4 is 23.9 Å². The molecule has 0 radical (unpaired) electrons. The molecule has 2 aromatic carbocycles. The van der Waals surface area contributed by atoms with Crippen LogP contribution >= 0.6 is 12.2 Å². The van der Waals surface area contributed by atoms with Crippen LogP contribution < -0.4 is 5.32 Å². The summed E-state index contributed by atoms with van der Waals surface area (Å²) < 4.78 is 78.5. The van der Waals surface area contributed by atoms with Crippen LogP contribution in [0.25, 0.3) is 11.1 Å². The van der Waals surface area contributed by atoms with Crippen LogP contribution in [-0.2, 0) is 12.8 Å². The summed E-state index contributed by atoms with van der Waals surface area (Å²) in [4.78, 5) is 10.1. The van der Waals surface area contributed by atoms with Crippen molar-refractivity contribution in [3.63, 3.8) is 0 Å². The Bertz CT molecular complexity index is 1540. The fourth-order valence-electron chi connectivity index (χ4n) is 6.81. The molecule has 0 bridgehead atoms. The summed E-state index contributed by atoms with van der Waals surface area (Å²) in [5, 5.41) is 14.1. The van der Waals surface area contributed by atoms with E-state index in [4.69, 9.17) is 5.11 Å². The Balaban J connectivity index is 0.00000109. The molecule has 3 rings (SSSR count). The van der Waals surface area contributed by atoms with Crippen LogP contribution in [0.15, 0.2) is 53.3 Å². The smallest absolute Gasteiger partial charge is 0.389 e. The molecule has 3 aromatic rings. The van der Waals surface area contributed by atoms with Crippen molar-refractivity contribution in [3.05, 3.63) is 70.1 Å². The van der Waals surface area contributed by atoms with E-state index in [9.17, 15) is 31.1 Å². The lowest BCUT2D eigenvalue weighted by atomic mass is 9.92. The Morgan fingerprint density at radius 1 is 0.667 bits per heavy atom. The highest BCUT2D eigenvalue weighted by molar-refractivity contribution is 7.71. The van der Waals surface area contributed by atoms with Crippen LogP contribution in [0.5, 0.6) is 0 Å². The minimum Gasteiger partial charge on any atom is -0.477 e. The number of benzene rings is 2. The monoisotopic (exact) mass is 828 g/mol.